The highest BCUT2D eigenvalue weighted by atomic mass is 79.9. The molecule has 0 aliphatic rings. The Kier molecular flexibility index (Phi) is 4.93. The fraction of sp³-hybridized carbons (Fsp3) is 0.143. The summed E-state index contributed by atoms with van der Waals surface area (Å²) in [6.45, 7) is 0. The van der Waals surface area contributed by atoms with Gasteiger partial charge in [0, 0.05) is 4.47 Å². The quantitative estimate of drug-likeness (QED) is 0.651. The zero-order valence-electron chi connectivity index (χ0n) is 10.0. The summed E-state index contributed by atoms with van der Waals surface area (Å²) in [6, 6.07) is 12.0. The molecule has 2 aromatic carbocycles. The fourth-order valence-electron chi connectivity index (χ4n) is 1.89. The number of nitrogens with two attached hydrogens (primary N) is 1. The molecule has 0 heterocycles. The summed E-state index contributed by atoms with van der Waals surface area (Å²) >= 11 is 9.39. The summed E-state index contributed by atoms with van der Waals surface area (Å²) in [5.41, 5.74) is 4.23. The number of hydrazine groups is 1. The third kappa shape index (κ3) is 3.54. The topological polar surface area (TPSA) is 38.0 Å². The smallest absolute Gasteiger partial charge is 0.126 e. The Bertz CT molecular complexity index is 577. The molecule has 0 aliphatic carbocycles. The van der Waals surface area contributed by atoms with Crippen LogP contribution in [0.5, 0.6) is 0 Å². The molecule has 0 bridgehead atoms. The highest BCUT2D eigenvalue weighted by Crippen LogP contribution is 2.27. The normalized spacial score (nSPS) is 12.4. The molecule has 0 fully saturated rings. The van der Waals surface area contributed by atoms with Gasteiger partial charge in [-0.25, -0.2) is 4.39 Å². The van der Waals surface area contributed by atoms with Crippen LogP contribution in [0.2, 0.25) is 5.02 Å². The average Bonchev–Trinajstić information content (AvgIpc) is 2.41. The zero-order valence-corrected chi connectivity index (χ0v) is 12.4. The SMILES string of the molecule is NNC(Cc1ccccc1F)c1ccc(Br)c(Cl)c1. The lowest BCUT2D eigenvalue weighted by atomic mass is 9.99. The molecule has 0 saturated carbocycles. The van der Waals surface area contributed by atoms with E-state index in [1.54, 1.807) is 18.2 Å². The minimum Gasteiger partial charge on any atom is -0.271 e. The van der Waals surface area contributed by atoms with Crippen LogP contribution in [0.25, 0.3) is 0 Å². The zero-order chi connectivity index (χ0) is 13.8. The molecule has 1 unspecified atom stereocenters. The number of halogens is 3. The molecule has 100 valence electrons. The van der Waals surface area contributed by atoms with Crippen LogP contribution in [-0.4, -0.2) is 0 Å². The fourth-order valence-corrected chi connectivity index (χ4v) is 2.32. The predicted molar refractivity (Wildman–Crippen MR) is 79.3 cm³/mol. The van der Waals surface area contributed by atoms with Crippen LogP contribution in [0.4, 0.5) is 4.39 Å². The van der Waals surface area contributed by atoms with E-state index in [1.165, 1.54) is 6.07 Å². The van der Waals surface area contributed by atoms with Crippen molar-refractivity contribution in [1.29, 1.82) is 0 Å². The lowest BCUT2D eigenvalue weighted by molar-refractivity contribution is 0.529. The lowest BCUT2D eigenvalue weighted by Gasteiger charge is -2.17. The van der Waals surface area contributed by atoms with Gasteiger partial charge in [0.1, 0.15) is 5.82 Å². The summed E-state index contributed by atoms with van der Waals surface area (Å²) in [5.74, 6) is 5.33. The Morgan fingerprint density at radius 2 is 2.00 bits per heavy atom. The number of hydrogen-bond donors (Lipinski definition) is 2. The summed E-state index contributed by atoms with van der Waals surface area (Å²) in [6.07, 6.45) is 0.459. The maximum atomic E-state index is 13.6. The third-order valence-corrected chi connectivity index (χ3v) is 4.16. The van der Waals surface area contributed by atoms with Crippen molar-refractivity contribution >= 4 is 27.5 Å². The Labute approximate surface area is 124 Å². The van der Waals surface area contributed by atoms with E-state index in [-0.39, 0.29) is 11.9 Å². The van der Waals surface area contributed by atoms with Gasteiger partial charge in [0.2, 0.25) is 0 Å². The van der Waals surface area contributed by atoms with Gasteiger partial charge in [-0.3, -0.25) is 11.3 Å². The number of benzene rings is 2. The maximum Gasteiger partial charge on any atom is 0.126 e. The first-order valence-electron chi connectivity index (χ1n) is 5.76. The van der Waals surface area contributed by atoms with Crippen molar-refractivity contribution < 1.29 is 4.39 Å². The Hall–Kier alpha value is -0.940. The van der Waals surface area contributed by atoms with Gasteiger partial charge in [-0.2, -0.15) is 0 Å². The number of hydrogen-bond acceptors (Lipinski definition) is 2. The minimum absolute atomic E-state index is 0.192. The maximum absolute atomic E-state index is 13.6. The van der Waals surface area contributed by atoms with E-state index < -0.39 is 0 Å². The monoisotopic (exact) mass is 342 g/mol. The van der Waals surface area contributed by atoms with E-state index in [0.717, 1.165) is 10.0 Å². The second-order valence-electron chi connectivity index (χ2n) is 4.19. The van der Waals surface area contributed by atoms with E-state index in [4.69, 9.17) is 17.4 Å². The summed E-state index contributed by atoms with van der Waals surface area (Å²) in [7, 11) is 0. The largest absolute Gasteiger partial charge is 0.271 e. The van der Waals surface area contributed by atoms with Crippen molar-refractivity contribution in [2.45, 2.75) is 12.5 Å². The third-order valence-electron chi connectivity index (χ3n) is 2.93. The van der Waals surface area contributed by atoms with Gasteiger partial charge in [-0.05, 0) is 51.7 Å². The summed E-state index contributed by atoms with van der Waals surface area (Å²) in [5, 5.41) is 0.603. The van der Waals surface area contributed by atoms with Crippen molar-refractivity contribution in [2.24, 2.45) is 5.84 Å². The van der Waals surface area contributed by atoms with Crippen LogP contribution in [0, 0.1) is 5.82 Å². The van der Waals surface area contributed by atoms with Crippen molar-refractivity contribution in [1.82, 2.24) is 5.43 Å². The molecule has 0 spiro atoms. The van der Waals surface area contributed by atoms with Gasteiger partial charge in [-0.15, -0.1) is 0 Å². The highest BCUT2D eigenvalue weighted by molar-refractivity contribution is 9.10. The molecule has 1 atom stereocenters. The second-order valence-corrected chi connectivity index (χ2v) is 5.45. The Balaban J connectivity index is 2.25. The molecule has 0 amide bonds. The van der Waals surface area contributed by atoms with Crippen molar-refractivity contribution in [3.05, 3.63) is 68.9 Å². The predicted octanol–water partition coefficient (Wildman–Crippen LogP) is 3.99. The molecular formula is C14H13BrClFN2. The van der Waals surface area contributed by atoms with E-state index >= 15 is 0 Å². The molecule has 19 heavy (non-hydrogen) atoms. The van der Waals surface area contributed by atoms with Gasteiger partial charge in [0.25, 0.3) is 0 Å². The van der Waals surface area contributed by atoms with Gasteiger partial charge in [-0.1, -0.05) is 35.9 Å². The molecule has 2 rings (SSSR count). The van der Waals surface area contributed by atoms with Crippen LogP contribution in [0.1, 0.15) is 17.2 Å². The van der Waals surface area contributed by atoms with Crippen LogP contribution in [0.15, 0.2) is 46.9 Å². The van der Waals surface area contributed by atoms with Gasteiger partial charge < -0.3 is 0 Å². The lowest BCUT2D eigenvalue weighted by Crippen LogP contribution is -2.29. The number of nitrogens with one attached hydrogen (secondary N) is 1. The standard InChI is InChI=1S/C14H13BrClFN2/c15-11-6-5-10(7-12(11)16)14(19-18)8-9-3-1-2-4-13(9)17/h1-7,14,19H,8,18H2. The molecule has 0 saturated heterocycles. The molecule has 0 aliphatic heterocycles. The summed E-state index contributed by atoms with van der Waals surface area (Å²) in [4.78, 5) is 0. The van der Waals surface area contributed by atoms with Crippen LogP contribution in [-0.2, 0) is 6.42 Å². The number of rotatable bonds is 4. The van der Waals surface area contributed by atoms with Crippen molar-refractivity contribution in [3.8, 4) is 0 Å². The van der Waals surface area contributed by atoms with Crippen LogP contribution >= 0.6 is 27.5 Å². The average molecular weight is 344 g/mol. The van der Waals surface area contributed by atoms with E-state index in [9.17, 15) is 4.39 Å². The second kappa shape index (κ2) is 6.48. The van der Waals surface area contributed by atoms with Crippen molar-refractivity contribution in [3.63, 3.8) is 0 Å². The molecule has 2 aromatic rings. The van der Waals surface area contributed by atoms with Crippen LogP contribution in [0.3, 0.4) is 0 Å². The Morgan fingerprint density at radius 1 is 1.26 bits per heavy atom. The molecule has 0 radical (unpaired) electrons. The van der Waals surface area contributed by atoms with E-state index in [1.807, 2.05) is 18.2 Å². The first-order valence-corrected chi connectivity index (χ1v) is 6.93. The van der Waals surface area contributed by atoms with Crippen molar-refractivity contribution in [2.75, 3.05) is 0 Å². The molecule has 5 heteroatoms. The molecular weight excluding hydrogens is 331 g/mol. The Morgan fingerprint density at radius 3 is 2.63 bits per heavy atom. The van der Waals surface area contributed by atoms with E-state index in [0.29, 0.717) is 17.0 Å². The molecule has 3 N–H and O–H groups in total. The van der Waals surface area contributed by atoms with Gasteiger partial charge >= 0.3 is 0 Å². The van der Waals surface area contributed by atoms with Gasteiger partial charge in [0.05, 0.1) is 11.1 Å². The van der Waals surface area contributed by atoms with Gasteiger partial charge in [0.15, 0.2) is 0 Å². The van der Waals surface area contributed by atoms with Crippen LogP contribution < -0.4 is 11.3 Å². The summed E-state index contributed by atoms with van der Waals surface area (Å²) < 4.78 is 14.5. The molecule has 0 aromatic heterocycles. The minimum atomic E-state index is -0.231. The van der Waals surface area contributed by atoms with E-state index in [2.05, 4.69) is 21.4 Å². The highest BCUT2D eigenvalue weighted by Gasteiger charge is 2.14. The molecule has 2 nitrogen and oxygen atoms in total. The first-order chi connectivity index (χ1) is 9.11. The first kappa shape index (κ1) is 14.5.